The maximum absolute atomic E-state index is 15.3. The van der Waals surface area contributed by atoms with Crippen molar-refractivity contribution in [1.82, 2.24) is 10.6 Å². The first-order valence-electron chi connectivity index (χ1n) is 25.2. The lowest BCUT2D eigenvalue weighted by Gasteiger charge is -2.37. The van der Waals surface area contributed by atoms with E-state index in [1.807, 2.05) is 164 Å². The van der Waals surface area contributed by atoms with E-state index in [4.69, 9.17) is 5.73 Å². The summed E-state index contributed by atoms with van der Waals surface area (Å²) in [6, 6.07) is 90.3. The topological polar surface area (TPSA) is 101 Å². The second-order valence-electron chi connectivity index (χ2n) is 18.1. The van der Waals surface area contributed by atoms with Crippen LogP contribution < -0.4 is 16.4 Å². The van der Waals surface area contributed by atoms with Crippen molar-refractivity contribution in [3.63, 3.8) is 0 Å². The molecule has 0 aliphatic carbocycles. The highest BCUT2D eigenvalue weighted by Crippen LogP contribution is 2.51. The summed E-state index contributed by atoms with van der Waals surface area (Å²) in [5.41, 5.74) is 15.6. The maximum atomic E-state index is 15.3. The largest absolute Gasteiger partial charge is 0.368 e. The van der Waals surface area contributed by atoms with E-state index in [1.165, 1.54) is 11.8 Å². The molecule has 0 unspecified atom stereocenters. The van der Waals surface area contributed by atoms with Crippen molar-refractivity contribution in [3.8, 4) is 0 Å². The Morgan fingerprint density at radius 1 is 0.333 bits per heavy atom. The molecule has 3 amide bonds. The number of benzene rings is 9. The Hall–Kier alpha value is -7.56. The first kappa shape index (κ1) is 52.3. The highest BCUT2D eigenvalue weighted by Gasteiger charge is 2.42. The molecule has 0 saturated heterocycles. The molecule has 0 saturated carbocycles. The average molecular weight is 1040 g/mol. The van der Waals surface area contributed by atoms with Gasteiger partial charge in [-0.2, -0.15) is 0 Å². The van der Waals surface area contributed by atoms with Gasteiger partial charge in [0.2, 0.25) is 17.7 Å². The third-order valence-electron chi connectivity index (χ3n) is 13.5. The lowest BCUT2D eigenvalue weighted by molar-refractivity contribution is -0.130. The molecule has 9 heteroatoms. The van der Waals surface area contributed by atoms with E-state index in [-0.39, 0.29) is 23.8 Å². The molecule has 9 aromatic rings. The number of nitrogens with one attached hydrogen (secondary N) is 2. The molecule has 6 nitrogen and oxygen atoms in total. The van der Waals surface area contributed by atoms with E-state index in [1.54, 1.807) is 23.5 Å². The number of rotatable bonds is 23. The Bertz CT molecular complexity index is 2910. The average Bonchev–Trinajstić information content (AvgIpc) is 3.48. The van der Waals surface area contributed by atoms with Gasteiger partial charge in [-0.3, -0.25) is 14.4 Å². The lowest BCUT2D eigenvalue weighted by Crippen LogP contribution is -2.55. The molecule has 9 aromatic carbocycles. The highest BCUT2D eigenvalue weighted by molar-refractivity contribution is 8.01. The molecule has 0 aromatic heterocycles. The smallest absolute Gasteiger partial charge is 0.244 e. The number of carbonyl (C=O) groups excluding carboxylic acids is 3. The Morgan fingerprint density at radius 2 is 0.560 bits per heavy atom. The third kappa shape index (κ3) is 11.7. The van der Waals surface area contributed by atoms with Gasteiger partial charge in [-0.15, -0.1) is 35.3 Å². The molecule has 0 heterocycles. The first-order chi connectivity index (χ1) is 36.8. The summed E-state index contributed by atoms with van der Waals surface area (Å²) >= 11 is 4.80. The van der Waals surface area contributed by atoms with E-state index in [0.717, 1.165) is 50.1 Å². The number of carbonyl (C=O) groups is 3. The van der Waals surface area contributed by atoms with Crippen molar-refractivity contribution in [2.45, 2.75) is 32.7 Å². The summed E-state index contributed by atoms with van der Waals surface area (Å²) in [5, 5.41) is 6.28. The van der Waals surface area contributed by atoms with Gasteiger partial charge in [0.15, 0.2) is 0 Å². The van der Waals surface area contributed by atoms with Crippen LogP contribution in [0, 0.1) is 0 Å². The molecule has 0 fully saturated rings. The molecule has 0 spiro atoms. The standard InChI is InChI=1S/C66H59N3O3S3/c67-62(71)59(48-74-65(53-34-16-4-17-35-53,54-36-18-5-19-37-54)55-38-20-6-21-39-55)69-63(72)60(49-75-66(56-40-22-7-23-41-56,57-42-24-8-25-43-57)58-44-26-9-27-45-58)68-61(70)46-47-73-64(50-28-10-1-11-29-50,51-30-12-2-13-31-51)52-32-14-3-15-33-52/h1-45,59-60H,46-49H2,(H2,67,71)(H,68,70)(H,69,72)/t59-,60-/m1/s1. The molecule has 374 valence electrons. The zero-order valence-corrected chi connectivity index (χ0v) is 43.9. The maximum Gasteiger partial charge on any atom is 0.244 e. The van der Waals surface area contributed by atoms with E-state index in [2.05, 4.69) is 120 Å². The number of hydrogen-bond donors (Lipinski definition) is 3. The van der Waals surface area contributed by atoms with Gasteiger partial charge in [0.1, 0.15) is 12.1 Å². The highest BCUT2D eigenvalue weighted by atomic mass is 32.2. The molecular weight excluding hydrogens is 979 g/mol. The van der Waals surface area contributed by atoms with Gasteiger partial charge in [-0.25, -0.2) is 0 Å². The summed E-state index contributed by atoms with van der Waals surface area (Å²) in [6.07, 6.45) is 0.109. The van der Waals surface area contributed by atoms with E-state index in [0.29, 0.717) is 5.75 Å². The van der Waals surface area contributed by atoms with Gasteiger partial charge in [0.25, 0.3) is 0 Å². The zero-order chi connectivity index (χ0) is 51.8. The number of thioether (sulfide) groups is 3. The van der Waals surface area contributed by atoms with Crippen LogP contribution in [0.5, 0.6) is 0 Å². The summed E-state index contributed by atoms with van der Waals surface area (Å²) in [5.74, 6) is -0.780. The van der Waals surface area contributed by atoms with Crippen LogP contribution in [0.2, 0.25) is 0 Å². The minimum absolute atomic E-state index is 0.109. The molecule has 0 aliphatic rings. The van der Waals surface area contributed by atoms with Crippen molar-refractivity contribution in [1.29, 1.82) is 0 Å². The number of amides is 3. The second-order valence-corrected chi connectivity index (χ2v) is 21.9. The van der Waals surface area contributed by atoms with Crippen LogP contribution in [-0.2, 0) is 28.6 Å². The lowest BCUT2D eigenvalue weighted by atomic mass is 9.84. The predicted octanol–water partition coefficient (Wildman–Crippen LogP) is 13.0. The van der Waals surface area contributed by atoms with Gasteiger partial charge >= 0.3 is 0 Å². The van der Waals surface area contributed by atoms with Crippen molar-refractivity contribution >= 4 is 53.0 Å². The van der Waals surface area contributed by atoms with Crippen molar-refractivity contribution in [3.05, 3.63) is 323 Å². The number of primary amides is 1. The van der Waals surface area contributed by atoms with Gasteiger partial charge in [0.05, 0.1) is 14.2 Å². The van der Waals surface area contributed by atoms with Crippen LogP contribution in [0.15, 0.2) is 273 Å². The number of nitrogens with two attached hydrogens (primary N) is 1. The Balaban J connectivity index is 1.05. The Kier molecular flexibility index (Phi) is 17.5. The van der Waals surface area contributed by atoms with Crippen LogP contribution >= 0.6 is 35.3 Å². The summed E-state index contributed by atoms with van der Waals surface area (Å²) < 4.78 is -2.22. The molecule has 0 aliphatic heterocycles. The third-order valence-corrected chi connectivity index (χ3v) is 18.3. The molecule has 75 heavy (non-hydrogen) atoms. The Morgan fingerprint density at radius 3 is 0.800 bits per heavy atom. The zero-order valence-electron chi connectivity index (χ0n) is 41.5. The molecule has 4 N–H and O–H groups in total. The van der Waals surface area contributed by atoms with E-state index < -0.39 is 38.1 Å². The summed E-state index contributed by atoms with van der Waals surface area (Å²) in [7, 11) is 0. The quantitative estimate of drug-likeness (QED) is 0.0552. The minimum Gasteiger partial charge on any atom is -0.368 e. The Labute approximate surface area is 454 Å². The monoisotopic (exact) mass is 1040 g/mol. The fraction of sp³-hybridized carbons (Fsp3) is 0.136. The van der Waals surface area contributed by atoms with E-state index in [9.17, 15) is 9.59 Å². The van der Waals surface area contributed by atoms with Crippen LogP contribution in [0.3, 0.4) is 0 Å². The fourth-order valence-electron chi connectivity index (χ4n) is 9.94. The van der Waals surface area contributed by atoms with Crippen LogP contribution in [-0.4, -0.2) is 47.1 Å². The van der Waals surface area contributed by atoms with Gasteiger partial charge in [-0.1, -0.05) is 273 Å². The van der Waals surface area contributed by atoms with Gasteiger partial charge < -0.3 is 16.4 Å². The normalized spacial score (nSPS) is 12.5. The van der Waals surface area contributed by atoms with Crippen molar-refractivity contribution < 1.29 is 14.4 Å². The van der Waals surface area contributed by atoms with E-state index >= 15 is 4.79 Å². The van der Waals surface area contributed by atoms with Crippen LogP contribution in [0.25, 0.3) is 0 Å². The molecule has 9 rings (SSSR count). The van der Waals surface area contributed by atoms with Crippen LogP contribution in [0.1, 0.15) is 56.5 Å². The van der Waals surface area contributed by atoms with Crippen molar-refractivity contribution in [2.24, 2.45) is 5.73 Å². The predicted molar refractivity (Wildman–Crippen MR) is 313 cm³/mol. The van der Waals surface area contributed by atoms with Gasteiger partial charge in [0, 0.05) is 23.7 Å². The SMILES string of the molecule is NC(=O)[C@@H](CSC(c1ccccc1)(c1ccccc1)c1ccccc1)NC(=O)[C@@H](CSC(c1ccccc1)(c1ccccc1)c1ccccc1)NC(=O)CCSC(c1ccccc1)(c1ccccc1)c1ccccc1. The molecule has 2 atom stereocenters. The summed E-state index contributed by atoms with van der Waals surface area (Å²) in [6.45, 7) is 0. The molecule has 0 bridgehead atoms. The van der Waals surface area contributed by atoms with Gasteiger partial charge in [-0.05, 0) is 50.1 Å². The molecular formula is C66H59N3O3S3. The fourth-order valence-corrected chi connectivity index (χ4v) is 14.6. The number of hydrogen-bond acceptors (Lipinski definition) is 6. The van der Waals surface area contributed by atoms with Crippen LogP contribution in [0.4, 0.5) is 0 Å². The molecule has 0 radical (unpaired) electrons. The first-order valence-corrected chi connectivity index (χ1v) is 28.1. The second kappa shape index (κ2) is 25.1. The summed E-state index contributed by atoms with van der Waals surface area (Å²) in [4.78, 5) is 43.8. The van der Waals surface area contributed by atoms with Crippen molar-refractivity contribution in [2.75, 3.05) is 17.3 Å². The minimum atomic E-state index is -1.11.